The van der Waals surface area contributed by atoms with Crippen LogP contribution in [0.3, 0.4) is 0 Å². The number of carbonyl (C=O) groups is 1. The van der Waals surface area contributed by atoms with Crippen LogP contribution in [-0.2, 0) is 11.3 Å². The van der Waals surface area contributed by atoms with E-state index in [9.17, 15) is 4.79 Å². The van der Waals surface area contributed by atoms with E-state index in [0.717, 1.165) is 16.6 Å². The highest BCUT2D eigenvalue weighted by Crippen LogP contribution is 2.31. The Morgan fingerprint density at radius 3 is 2.65 bits per heavy atom. The number of benzene rings is 1. The van der Waals surface area contributed by atoms with Gasteiger partial charge in [0.05, 0.1) is 11.0 Å². The van der Waals surface area contributed by atoms with Crippen LogP contribution in [0.2, 0.25) is 0 Å². The molecular formula is C18H22ClN3O. The van der Waals surface area contributed by atoms with E-state index in [1.165, 1.54) is 25.7 Å². The molecule has 2 aromatic rings. The molecule has 23 heavy (non-hydrogen) atoms. The fraction of sp³-hybridized carbons (Fsp3) is 0.500. The third-order valence-corrected chi connectivity index (χ3v) is 5.12. The number of alkyl halides is 1. The molecule has 1 atom stereocenters. The van der Waals surface area contributed by atoms with Crippen LogP contribution >= 0.6 is 11.6 Å². The summed E-state index contributed by atoms with van der Waals surface area (Å²) in [6, 6.07) is 6.22. The van der Waals surface area contributed by atoms with E-state index in [1.54, 1.807) is 12.4 Å². The second-order valence-corrected chi connectivity index (χ2v) is 6.59. The Morgan fingerprint density at radius 2 is 1.96 bits per heavy atom. The summed E-state index contributed by atoms with van der Waals surface area (Å²) in [5.74, 6) is 0.623. The van der Waals surface area contributed by atoms with Gasteiger partial charge < -0.3 is 4.90 Å². The van der Waals surface area contributed by atoms with Crippen LogP contribution in [-0.4, -0.2) is 32.7 Å². The van der Waals surface area contributed by atoms with Gasteiger partial charge in [0.1, 0.15) is 5.88 Å². The fourth-order valence-corrected chi connectivity index (χ4v) is 3.69. The standard InChI is InChI=1S/C18H22ClN3O/c1-13(15-4-2-3-5-15)22(18(23)11-19)12-14-6-7-16-17(10-14)21-9-8-20-16/h6-10,13,15H,2-5,11-12H2,1H3/t13-/m0/s1. The van der Waals surface area contributed by atoms with Crippen molar-refractivity contribution in [3.63, 3.8) is 0 Å². The van der Waals surface area contributed by atoms with E-state index in [4.69, 9.17) is 11.6 Å². The van der Waals surface area contributed by atoms with Gasteiger partial charge >= 0.3 is 0 Å². The average Bonchev–Trinajstić information content (AvgIpc) is 3.13. The maximum Gasteiger partial charge on any atom is 0.238 e. The summed E-state index contributed by atoms with van der Waals surface area (Å²) in [6.07, 6.45) is 8.32. The van der Waals surface area contributed by atoms with Gasteiger partial charge in [-0.05, 0) is 43.4 Å². The number of fused-ring (bicyclic) bond motifs is 1. The van der Waals surface area contributed by atoms with Crippen molar-refractivity contribution >= 4 is 28.5 Å². The minimum absolute atomic E-state index is 0.00492. The lowest BCUT2D eigenvalue weighted by Gasteiger charge is -2.33. The number of rotatable bonds is 5. The fourth-order valence-electron chi connectivity index (χ4n) is 3.53. The summed E-state index contributed by atoms with van der Waals surface area (Å²) in [6.45, 7) is 2.73. The van der Waals surface area contributed by atoms with Gasteiger partial charge in [0.15, 0.2) is 0 Å². The highest BCUT2D eigenvalue weighted by atomic mass is 35.5. The third-order valence-electron chi connectivity index (χ3n) is 4.89. The molecule has 1 fully saturated rings. The minimum Gasteiger partial charge on any atom is -0.334 e. The molecular weight excluding hydrogens is 310 g/mol. The molecule has 122 valence electrons. The van der Waals surface area contributed by atoms with Gasteiger partial charge in [-0.25, -0.2) is 0 Å². The van der Waals surface area contributed by atoms with Crippen LogP contribution < -0.4 is 0 Å². The quantitative estimate of drug-likeness (QED) is 0.783. The van der Waals surface area contributed by atoms with Crippen LogP contribution in [0.1, 0.15) is 38.2 Å². The number of halogens is 1. The summed E-state index contributed by atoms with van der Waals surface area (Å²) < 4.78 is 0. The molecule has 1 aromatic carbocycles. The van der Waals surface area contributed by atoms with Crippen LogP contribution in [0.4, 0.5) is 0 Å². The lowest BCUT2D eigenvalue weighted by atomic mass is 9.97. The van der Waals surface area contributed by atoms with Gasteiger partial charge in [0, 0.05) is 25.0 Å². The van der Waals surface area contributed by atoms with Crippen molar-refractivity contribution in [1.29, 1.82) is 0 Å². The molecule has 0 bridgehead atoms. The van der Waals surface area contributed by atoms with E-state index < -0.39 is 0 Å². The van der Waals surface area contributed by atoms with Gasteiger partial charge in [-0.3, -0.25) is 14.8 Å². The molecule has 0 radical (unpaired) electrons. The summed E-state index contributed by atoms with van der Waals surface area (Å²) in [4.78, 5) is 22.9. The average molecular weight is 332 g/mol. The van der Waals surface area contributed by atoms with E-state index in [1.807, 2.05) is 23.1 Å². The maximum atomic E-state index is 12.3. The van der Waals surface area contributed by atoms with E-state index in [-0.39, 0.29) is 17.8 Å². The van der Waals surface area contributed by atoms with Crippen LogP contribution in [0.5, 0.6) is 0 Å². The maximum absolute atomic E-state index is 12.3. The summed E-state index contributed by atoms with van der Waals surface area (Å²) in [7, 11) is 0. The number of aromatic nitrogens is 2. The van der Waals surface area contributed by atoms with Crippen molar-refractivity contribution in [2.24, 2.45) is 5.92 Å². The summed E-state index contributed by atoms with van der Waals surface area (Å²) >= 11 is 5.85. The first kappa shape index (κ1) is 16.2. The molecule has 0 N–H and O–H groups in total. The molecule has 1 heterocycles. The van der Waals surface area contributed by atoms with Crippen LogP contribution in [0, 0.1) is 5.92 Å². The highest BCUT2D eigenvalue weighted by Gasteiger charge is 2.29. The lowest BCUT2D eigenvalue weighted by Crippen LogP contribution is -2.42. The molecule has 1 saturated carbocycles. The Hall–Kier alpha value is -1.68. The van der Waals surface area contributed by atoms with Crippen molar-refractivity contribution in [2.75, 3.05) is 5.88 Å². The number of amides is 1. The van der Waals surface area contributed by atoms with Crippen molar-refractivity contribution in [2.45, 2.75) is 45.2 Å². The summed E-state index contributed by atoms with van der Waals surface area (Å²) in [5, 5.41) is 0. The van der Waals surface area contributed by atoms with Crippen molar-refractivity contribution in [1.82, 2.24) is 14.9 Å². The molecule has 5 heteroatoms. The Kier molecular flexibility index (Phi) is 5.11. The van der Waals surface area contributed by atoms with Gasteiger partial charge in [-0.15, -0.1) is 11.6 Å². The Balaban J connectivity index is 1.82. The van der Waals surface area contributed by atoms with Gasteiger partial charge in [-0.1, -0.05) is 18.9 Å². The van der Waals surface area contributed by atoms with Gasteiger partial charge in [0.25, 0.3) is 0 Å². The second-order valence-electron chi connectivity index (χ2n) is 6.32. The molecule has 1 aliphatic carbocycles. The molecule has 0 spiro atoms. The van der Waals surface area contributed by atoms with Gasteiger partial charge in [-0.2, -0.15) is 0 Å². The zero-order valence-corrected chi connectivity index (χ0v) is 14.2. The number of hydrogen-bond donors (Lipinski definition) is 0. The van der Waals surface area contributed by atoms with Crippen LogP contribution in [0.25, 0.3) is 11.0 Å². The zero-order valence-electron chi connectivity index (χ0n) is 13.4. The molecule has 3 rings (SSSR count). The van der Waals surface area contributed by atoms with Crippen molar-refractivity contribution < 1.29 is 4.79 Å². The predicted octanol–water partition coefficient (Wildman–Crippen LogP) is 3.78. The lowest BCUT2D eigenvalue weighted by molar-refractivity contribution is -0.132. The normalized spacial score (nSPS) is 16.6. The molecule has 0 aliphatic heterocycles. The Morgan fingerprint density at radius 1 is 1.26 bits per heavy atom. The molecule has 1 aliphatic rings. The number of nitrogens with zero attached hydrogens (tertiary/aromatic N) is 3. The number of carbonyl (C=O) groups excluding carboxylic acids is 1. The Bertz CT molecular complexity index is 685. The first-order valence-corrected chi connectivity index (χ1v) is 8.77. The van der Waals surface area contributed by atoms with E-state index >= 15 is 0 Å². The zero-order chi connectivity index (χ0) is 16.2. The molecule has 0 saturated heterocycles. The monoisotopic (exact) mass is 331 g/mol. The first-order chi connectivity index (χ1) is 11.2. The third kappa shape index (κ3) is 3.63. The van der Waals surface area contributed by atoms with Crippen LogP contribution in [0.15, 0.2) is 30.6 Å². The molecule has 4 nitrogen and oxygen atoms in total. The van der Waals surface area contributed by atoms with Crippen molar-refractivity contribution in [3.05, 3.63) is 36.2 Å². The van der Waals surface area contributed by atoms with Gasteiger partial charge in [0.2, 0.25) is 5.91 Å². The molecule has 0 unspecified atom stereocenters. The topological polar surface area (TPSA) is 46.1 Å². The summed E-state index contributed by atoms with van der Waals surface area (Å²) in [5.41, 5.74) is 2.80. The molecule has 1 aromatic heterocycles. The van der Waals surface area contributed by atoms with Crippen molar-refractivity contribution in [3.8, 4) is 0 Å². The Labute approximate surface area is 141 Å². The largest absolute Gasteiger partial charge is 0.334 e. The predicted molar refractivity (Wildman–Crippen MR) is 92.2 cm³/mol. The minimum atomic E-state index is 0.00492. The van der Waals surface area contributed by atoms with E-state index in [0.29, 0.717) is 12.5 Å². The second kappa shape index (κ2) is 7.26. The molecule has 1 amide bonds. The first-order valence-electron chi connectivity index (χ1n) is 8.24. The SMILES string of the molecule is C[C@@H](C1CCCC1)N(Cc1ccc2nccnc2c1)C(=O)CCl. The van der Waals surface area contributed by atoms with E-state index in [2.05, 4.69) is 16.9 Å². The number of hydrogen-bond acceptors (Lipinski definition) is 3. The smallest absolute Gasteiger partial charge is 0.238 e. The highest BCUT2D eigenvalue weighted by molar-refractivity contribution is 6.27.